The number of ether oxygens (including phenoxy) is 4. The van der Waals surface area contributed by atoms with Gasteiger partial charge >= 0.3 is 12.1 Å². The van der Waals surface area contributed by atoms with Crippen molar-refractivity contribution < 1.29 is 37.7 Å². The minimum atomic E-state index is -1.03. The van der Waals surface area contributed by atoms with Gasteiger partial charge in [-0.05, 0) is 54.7 Å². The zero-order valence-electron chi connectivity index (χ0n) is 28.1. The minimum Gasteiger partial charge on any atom is -0.497 e. The third kappa shape index (κ3) is 7.85. The van der Waals surface area contributed by atoms with E-state index in [1.807, 2.05) is 40.7 Å². The van der Waals surface area contributed by atoms with E-state index in [4.69, 9.17) is 18.9 Å². The van der Waals surface area contributed by atoms with Gasteiger partial charge in [0.2, 0.25) is 11.8 Å². The number of fused-ring (bicyclic) bond motifs is 5. The van der Waals surface area contributed by atoms with E-state index < -0.39 is 53.3 Å². The Labute approximate surface area is 274 Å². The van der Waals surface area contributed by atoms with Gasteiger partial charge in [0.25, 0.3) is 0 Å². The third-order valence-electron chi connectivity index (χ3n) is 8.78. The number of aromatic nitrogens is 2. The van der Waals surface area contributed by atoms with Crippen LogP contribution in [0.1, 0.15) is 66.5 Å². The number of esters is 1. The summed E-state index contributed by atoms with van der Waals surface area (Å²) in [5.41, 5.74) is 0.0256. The number of alkyl carbamates (subject to hydrolysis) is 1. The van der Waals surface area contributed by atoms with E-state index in [9.17, 15) is 14.4 Å². The van der Waals surface area contributed by atoms with Crippen molar-refractivity contribution in [1.29, 1.82) is 0 Å². The first-order valence-corrected chi connectivity index (χ1v) is 16.3. The quantitative estimate of drug-likeness (QED) is 0.419. The summed E-state index contributed by atoms with van der Waals surface area (Å²) in [4.78, 5) is 51.6. The van der Waals surface area contributed by atoms with E-state index in [0.717, 1.165) is 6.42 Å². The number of nitrogens with one attached hydrogen (secondary N) is 1. The van der Waals surface area contributed by atoms with Crippen molar-refractivity contribution in [2.24, 2.45) is 23.2 Å². The van der Waals surface area contributed by atoms with Gasteiger partial charge in [-0.2, -0.15) is 0 Å². The van der Waals surface area contributed by atoms with Crippen LogP contribution in [-0.4, -0.2) is 77.4 Å². The molecular weight excluding hydrogens is 607 g/mol. The molecule has 1 saturated carbocycles. The Morgan fingerprint density at radius 1 is 1.15 bits per heavy atom. The number of amides is 2. The number of halogens is 1. The fourth-order valence-electron chi connectivity index (χ4n) is 5.94. The lowest BCUT2D eigenvalue weighted by Gasteiger charge is -2.35. The highest BCUT2D eigenvalue weighted by Gasteiger charge is 2.51. The first-order valence-electron chi connectivity index (χ1n) is 16.3. The number of carbonyl (C=O) groups excluding carboxylic acids is 3. The monoisotopic (exact) mass is 652 g/mol. The van der Waals surface area contributed by atoms with Gasteiger partial charge in [-0.3, -0.25) is 4.79 Å². The molecule has 1 aromatic carbocycles. The van der Waals surface area contributed by atoms with E-state index in [1.165, 1.54) is 18.1 Å². The average Bonchev–Trinajstić information content (AvgIpc) is 3.67. The van der Waals surface area contributed by atoms with Crippen LogP contribution in [0.15, 0.2) is 36.4 Å². The molecule has 11 nitrogen and oxygen atoms in total. The number of carbonyl (C=O) groups is 3. The summed E-state index contributed by atoms with van der Waals surface area (Å²) in [7, 11) is 1.53. The lowest BCUT2D eigenvalue weighted by molar-refractivity contribution is -0.156. The maximum Gasteiger partial charge on any atom is 0.408 e. The number of nitrogens with zero attached hydrogens (tertiary/aromatic N) is 3. The summed E-state index contributed by atoms with van der Waals surface area (Å²) in [6, 6.07) is 3.02. The van der Waals surface area contributed by atoms with Gasteiger partial charge in [0, 0.05) is 12.0 Å². The zero-order valence-corrected chi connectivity index (χ0v) is 28.1. The summed E-state index contributed by atoms with van der Waals surface area (Å²) in [6.45, 7) is 11.2. The van der Waals surface area contributed by atoms with Crippen molar-refractivity contribution in [2.75, 3.05) is 20.3 Å². The van der Waals surface area contributed by atoms with Crippen molar-refractivity contribution >= 4 is 34.8 Å². The van der Waals surface area contributed by atoms with Crippen molar-refractivity contribution in [2.45, 2.75) is 85.1 Å². The first kappa shape index (κ1) is 34.1. The number of benzene rings is 1. The molecule has 1 aliphatic carbocycles. The van der Waals surface area contributed by atoms with Crippen LogP contribution >= 0.6 is 0 Å². The molecule has 1 aromatic heterocycles. The Morgan fingerprint density at radius 3 is 2.62 bits per heavy atom. The highest BCUT2D eigenvalue weighted by Crippen LogP contribution is 2.39. The summed E-state index contributed by atoms with van der Waals surface area (Å²) in [5.74, 6) is -1.61. The SMILES string of the molecule is COc1ccc2nc3c(nc2c1)O[C@H]1CN(C(=O)[C@H](C(C)(C)C)NC(=O)O[C@@H]2C[C@H]2CC/C=C/C=C3F)[C@H](C(=O)OCC(C)C)[C@@H]1C. The maximum atomic E-state index is 15.8. The summed E-state index contributed by atoms with van der Waals surface area (Å²) < 4.78 is 38.9. The van der Waals surface area contributed by atoms with Gasteiger partial charge in [-0.25, -0.2) is 23.9 Å². The molecule has 2 amide bonds. The fraction of sp³-hybridized carbons (Fsp3) is 0.571. The third-order valence-corrected chi connectivity index (χ3v) is 8.78. The molecule has 6 atom stereocenters. The first-order chi connectivity index (χ1) is 22.3. The van der Waals surface area contributed by atoms with Crippen LogP contribution in [0, 0.1) is 23.2 Å². The standard InChI is InChI=1S/C35H45FN4O7/c1-19(2)18-45-33(42)29-20(3)27-17-40(29)32(41)30(35(4,5)6)39-34(43)47-26-15-21(26)11-9-8-10-12-23(36)28-31(46-27)38-25-16-22(44-7)13-14-24(25)37-28/h8,10,12-14,16,19-21,26-27,29-30H,9,11,15,17-18H2,1-7H3,(H,39,43)/b10-8+,23-12?/t20-,21-,26-,27+,29+,30-/m1/s1. The molecule has 2 bridgehead atoms. The molecule has 12 heteroatoms. The Hall–Kier alpha value is -4.22. The average molecular weight is 653 g/mol. The summed E-state index contributed by atoms with van der Waals surface area (Å²) in [6.07, 6.45) is 5.17. The zero-order chi connectivity index (χ0) is 34.0. The molecule has 1 saturated heterocycles. The lowest BCUT2D eigenvalue weighted by atomic mass is 9.85. The van der Waals surface area contributed by atoms with Crippen LogP contribution < -0.4 is 14.8 Å². The number of methoxy groups -OCH3 is 1. The van der Waals surface area contributed by atoms with Gasteiger partial charge < -0.3 is 29.2 Å². The fourth-order valence-corrected chi connectivity index (χ4v) is 5.94. The molecule has 254 valence electrons. The molecule has 2 aromatic rings. The lowest BCUT2D eigenvalue weighted by Crippen LogP contribution is -2.57. The topological polar surface area (TPSA) is 129 Å². The number of hydrogen-bond acceptors (Lipinski definition) is 9. The minimum absolute atomic E-state index is 0.0437. The van der Waals surface area contributed by atoms with E-state index >= 15 is 4.39 Å². The molecule has 47 heavy (non-hydrogen) atoms. The van der Waals surface area contributed by atoms with Crippen molar-refractivity contribution in [3.63, 3.8) is 0 Å². The van der Waals surface area contributed by atoms with Crippen LogP contribution in [0.5, 0.6) is 11.6 Å². The summed E-state index contributed by atoms with van der Waals surface area (Å²) in [5, 5.41) is 2.79. The Morgan fingerprint density at radius 2 is 1.91 bits per heavy atom. The van der Waals surface area contributed by atoms with Gasteiger partial charge in [-0.1, -0.05) is 53.7 Å². The van der Waals surface area contributed by atoms with E-state index in [-0.39, 0.29) is 42.7 Å². The van der Waals surface area contributed by atoms with Gasteiger partial charge in [0.15, 0.2) is 11.5 Å². The second-order valence-electron chi connectivity index (χ2n) is 14.1. The number of allylic oxidation sites excluding steroid dienone is 3. The largest absolute Gasteiger partial charge is 0.497 e. The summed E-state index contributed by atoms with van der Waals surface area (Å²) >= 11 is 0. The molecule has 1 N–H and O–H groups in total. The van der Waals surface area contributed by atoms with Crippen LogP contribution in [0.25, 0.3) is 16.9 Å². The molecule has 3 heterocycles. The molecule has 5 rings (SSSR count). The second kappa shape index (κ2) is 13.9. The molecule has 0 radical (unpaired) electrons. The highest BCUT2D eigenvalue weighted by molar-refractivity contribution is 5.91. The Bertz CT molecular complexity index is 1570. The Kier molecular flexibility index (Phi) is 10.1. The van der Waals surface area contributed by atoms with Crippen LogP contribution in [-0.2, 0) is 19.1 Å². The molecular formula is C35H45FN4O7. The van der Waals surface area contributed by atoms with Gasteiger partial charge in [-0.15, -0.1) is 0 Å². The van der Waals surface area contributed by atoms with E-state index in [1.54, 1.807) is 31.2 Å². The predicted molar refractivity (Wildman–Crippen MR) is 173 cm³/mol. The Balaban J connectivity index is 1.58. The normalized spacial score (nSPS) is 27.6. The molecule has 0 unspecified atom stereocenters. The van der Waals surface area contributed by atoms with Crippen molar-refractivity contribution in [3.05, 3.63) is 42.1 Å². The number of hydrogen-bond donors (Lipinski definition) is 1. The number of rotatable bonds is 4. The second-order valence-corrected chi connectivity index (χ2v) is 14.1. The predicted octanol–water partition coefficient (Wildman–Crippen LogP) is 5.62. The maximum absolute atomic E-state index is 15.8. The van der Waals surface area contributed by atoms with E-state index in [2.05, 4.69) is 15.3 Å². The molecule has 3 aliphatic rings. The van der Waals surface area contributed by atoms with Crippen LogP contribution in [0.2, 0.25) is 0 Å². The van der Waals surface area contributed by atoms with Crippen molar-refractivity contribution in [1.82, 2.24) is 20.2 Å². The van der Waals surface area contributed by atoms with Crippen LogP contribution in [0.4, 0.5) is 9.18 Å². The molecule has 2 aliphatic heterocycles. The van der Waals surface area contributed by atoms with Gasteiger partial charge in [0.05, 0.1) is 31.3 Å². The molecule has 2 fully saturated rings. The van der Waals surface area contributed by atoms with Gasteiger partial charge in [0.1, 0.15) is 30.0 Å². The smallest absolute Gasteiger partial charge is 0.408 e. The molecule has 0 spiro atoms. The van der Waals surface area contributed by atoms with Crippen molar-refractivity contribution in [3.8, 4) is 11.6 Å². The highest BCUT2D eigenvalue weighted by atomic mass is 19.1. The van der Waals surface area contributed by atoms with Crippen LogP contribution in [0.3, 0.4) is 0 Å². The van der Waals surface area contributed by atoms with E-state index in [0.29, 0.717) is 29.6 Å².